The standard InChI is InChI=1S/C23H21FN2O4/c1-3-28-23(27)20-14(2)30-22(26)19(12-25)21(20)16-5-4-6-18(11-16)29-13-15-7-9-17(24)10-8-15/h4-11,21H,3,13,26H2,1-2H3. The molecule has 0 aliphatic carbocycles. The van der Waals surface area contributed by atoms with Gasteiger partial charge in [0, 0.05) is 0 Å². The van der Waals surface area contributed by atoms with Crippen molar-refractivity contribution in [1.29, 1.82) is 5.26 Å². The van der Waals surface area contributed by atoms with Gasteiger partial charge in [0.25, 0.3) is 0 Å². The van der Waals surface area contributed by atoms with Crippen LogP contribution in [0.15, 0.2) is 71.3 Å². The molecule has 0 spiro atoms. The second-order valence-corrected chi connectivity index (χ2v) is 6.60. The van der Waals surface area contributed by atoms with Gasteiger partial charge in [0.2, 0.25) is 5.88 Å². The van der Waals surface area contributed by atoms with Gasteiger partial charge in [-0.3, -0.25) is 0 Å². The number of esters is 1. The monoisotopic (exact) mass is 408 g/mol. The molecule has 2 aromatic rings. The van der Waals surface area contributed by atoms with Crippen LogP contribution < -0.4 is 10.5 Å². The summed E-state index contributed by atoms with van der Waals surface area (Å²) in [7, 11) is 0. The lowest BCUT2D eigenvalue weighted by molar-refractivity contribution is -0.139. The minimum absolute atomic E-state index is 0.0503. The van der Waals surface area contributed by atoms with Gasteiger partial charge in [-0.25, -0.2) is 9.18 Å². The largest absolute Gasteiger partial charge is 0.489 e. The Kier molecular flexibility index (Phi) is 6.38. The van der Waals surface area contributed by atoms with Gasteiger partial charge in [-0.15, -0.1) is 0 Å². The number of nitrogens with zero attached hydrogens (tertiary/aromatic N) is 1. The predicted molar refractivity (Wildman–Crippen MR) is 107 cm³/mol. The van der Waals surface area contributed by atoms with Gasteiger partial charge in [-0.1, -0.05) is 24.3 Å². The molecule has 0 fully saturated rings. The van der Waals surface area contributed by atoms with E-state index in [9.17, 15) is 14.4 Å². The third-order valence-electron chi connectivity index (χ3n) is 4.61. The van der Waals surface area contributed by atoms with Gasteiger partial charge >= 0.3 is 5.97 Å². The first-order chi connectivity index (χ1) is 14.4. The summed E-state index contributed by atoms with van der Waals surface area (Å²) in [5, 5.41) is 9.65. The number of rotatable bonds is 6. The Bertz CT molecular complexity index is 1050. The number of carbonyl (C=O) groups is 1. The van der Waals surface area contributed by atoms with Gasteiger partial charge in [0.1, 0.15) is 35.6 Å². The summed E-state index contributed by atoms with van der Waals surface area (Å²) < 4.78 is 29.5. The van der Waals surface area contributed by atoms with Crippen molar-refractivity contribution in [2.75, 3.05) is 6.61 Å². The van der Waals surface area contributed by atoms with Crippen LogP contribution in [0.25, 0.3) is 0 Å². The highest BCUT2D eigenvalue weighted by atomic mass is 19.1. The van der Waals surface area contributed by atoms with Crippen molar-refractivity contribution in [1.82, 2.24) is 0 Å². The highest BCUT2D eigenvalue weighted by Crippen LogP contribution is 2.40. The highest BCUT2D eigenvalue weighted by Gasteiger charge is 2.36. The van der Waals surface area contributed by atoms with Crippen LogP contribution in [0.4, 0.5) is 4.39 Å². The van der Waals surface area contributed by atoms with E-state index in [1.165, 1.54) is 12.1 Å². The fourth-order valence-corrected chi connectivity index (χ4v) is 3.22. The average Bonchev–Trinajstić information content (AvgIpc) is 2.73. The molecule has 2 N–H and O–H groups in total. The molecule has 1 atom stereocenters. The zero-order valence-corrected chi connectivity index (χ0v) is 16.6. The Morgan fingerprint density at radius 3 is 2.67 bits per heavy atom. The van der Waals surface area contributed by atoms with E-state index in [0.29, 0.717) is 11.3 Å². The molecule has 30 heavy (non-hydrogen) atoms. The Morgan fingerprint density at radius 2 is 2.00 bits per heavy atom. The summed E-state index contributed by atoms with van der Waals surface area (Å²) in [6, 6.07) is 15.1. The molecule has 1 heterocycles. The fourth-order valence-electron chi connectivity index (χ4n) is 3.22. The summed E-state index contributed by atoms with van der Waals surface area (Å²) in [4.78, 5) is 12.6. The molecule has 0 saturated heterocycles. The normalized spacial score (nSPS) is 16.0. The Hall–Kier alpha value is -3.79. The summed E-state index contributed by atoms with van der Waals surface area (Å²) >= 11 is 0. The molecule has 0 radical (unpaired) electrons. The number of carbonyl (C=O) groups excluding carboxylic acids is 1. The van der Waals surface area contributed by atoms with Crippen molar-refractivity contribution in [3.63, 3.8) is 0 Å². The minimum Gasteiger partial charge on any atom is -0.489 e. The number of allylic oxidation sites excluding steroid dienone is 2. The molecular formula is C23H21FN2O4. The van der Waals surface area contributed by atoms with Gasteiger partial charge in [0.15, 0.2) is 0 Å². The third-order valence-corrected chi connectivity index (χ3v) is 4.61. The van der Waals surface area contributed by atoms with Crippen LogP contribution in [0.5, 0.6) is 5.75 Å². The van der Waals surface area contributed by atoms with E-state index in [2.05, 4.69) is 0 Å². The average molecular weight is 408 g/mol. The van der Waals surface area contributed by atoms with Crippen LogP contribution >= 0.6 is 0 Å². The van der Waals surface area contributed by atoms with E-state index in [0.717, 1.165) is 5.56 Å². The summed E-state index contributed by atoms with van der Waals surface area (Å²) in [5.74, 6) is -0.865. The zero-order valence-electron chi connectivity index (χ0n) is 16.6. The van der Waals surface area contributed by atoms with E-state index in [1.807, 2.05) is 6.07 Å². The topological polar surface area (TPSA) is 94.6 Å². The smallest absolute Gasteiger partial charge is 0.338 e. The van der Waals surface area contributed by atoms with Crippen LogP contribution in [-0.2, 0) is 20.9 Å². The number of halogens is 1. The number of nitrogens with two attached hydrogens (primary N) is 1. The lowest BCUT2D eigenvalue weighted by Gasteiger charge is -2.27. The number of hydrogen-bond donors (Lipinski definition) is 1. The lowest BCUT2D eigenvalue weighted by atomic mass is 9.83. The van der Waals surface area contributed by atoms with E-state index in [1.54, 1.807) is 50.2 Å². The van der Waals surface area contributed by atoms with Crippen LogP contribution in [-0.4, -0.2) is 12.6 Å². The second-order valence-electron chi connectivity index (χ2n) is 6.60. The molecule has 6 nitrogen and oxygen atoms in total. The third kappa shape index (κ3) is 4.44. The molecule has 7 heteroatoms. The molecule has 3 rings (SSSR count). The van der Waals surface area contributed by atoms with E-state index in [-0.39, 0.29) is 41.8 Å². The van der Waals surface area contributed by atoms with Crippen molar-refractivity contribution in [3.8, 4) is 11.8 Å². The van der Waals surface area contributed by atoms with Gasteiger partial charge in [-0.2, -0.15) is 5.26 Å². The first kappa shape index (κ1) is 20.9. The number of nitriles is 1. The zero-order chi connectivity index (χ0) is 21.7. The van der Waals surface area contributed by atoms with E-state index < -0.39 is 11.9 Å². The van der Waals surface area contributed by atoms with E-state index >= 15 is 0 Å². The maximum absolute atomic E-state index is 13.1. The quantitative estimate of drug-likeness (QED) is 0.725. The Morgan fingerprint density at radius 1 is 1.27 bits per heavy atom. The second kappa shape index (κ2) is 9.14. The molecule has 154 valence electrons. The number of ether oxygens (including phenoxy) is 3. The summed E-state index contributed by atoms with van der Waals surface area (Å²) in [5.41, 5.74) is 7.70. The summed E-state index contributed by atoms with van der Waals surface area (Å²) in [6.45, 7) is 3.73. The highest BCUT2D eigenvalue weighted by molar-refractivity contribution is 5.92. The molecule has 0 aromatic heterocycles. The summed E-state index contributed by atoms with van der Waals surface area (Å²) in [6.07, 6.45) is 0. The van der Waals surface area contributed by atoms with Crippen molar-refractivity contribution < 1.29 is 23.4 Å². The molecule has 0 saturated carbocycles. The minimum atomic E-state index is -0.739. The van der Waals surface area contributed by atoms with Gasteiger partial charge in [0.05, 0.1) is 18.1 Å². The molecule has 1 aliphatic rings. The van der Waals surface area contributed by atoms with Gasteiger partial charge in [-0.05, 0) is 49.2 Å². The number of benzene rings is 2. The Balaban J connectivity index is 1.93. The van der Waals surface area contributed by atoms with Crippen molar-refractivity contribution in [2.45, 2.75) is 26.4 Å². The molecule has 0 bridgehead atoms. The van der Waals surface area contributed by atoms with E-state index in [4.69, 9.17) is 19.9 Å². The maximum Gasteiger partial charge on any atom is 0.338 e. The molecule has 1 unspecified atom stereocenters. The van der Waals surface area contributed by atoms with Crippen molar-refractivity contribution in [2.24, 2.45) is 5.73 Å². The molecule has 2 aromatic carbocycles. The van der Waals surface area contributed by atoms with Crippen LogP contribution in [0, 0.1) is 17.1 Å². The fraction of sp³-hybridized carbons (Fsp3) is 0.217. The molecule has 1 aliphatic heterocycles. The van der Waals surface area contributed by atoms with Gasteiger partial charge < -0.3 is 19.9 Å². The molecule has 0 amide bonds. The lowest BCUT2D eigenvalue weighted by Crippen LogP contribution is -2.25. The van der Waals surface area contributed by atoms with Crippen molar-refractivity contribution in [3.05, 3.63) is 88.3 Å². The van der Waals surface area contributed by atoms with Crippen LogP contribution in [0.1, 0.15) is 30.9 Å². The Labute approximate surface area is 174 Å². The van der Waals surface area contributed by atoms with Crippen molar-refractivity contribution >= 4 is 5.97 Å². The first-order valence-electron chi connectivity index (χ1n) is 9.37. The molecular weight excluding hydrogens is 387 g/mol. The van der Waals surface area contributed by atoms with Crippen LogP contribution in [0.3, 0.4) is 0 Å². The first-order valence-corrected chi connectivity index (χ1v) is 9.37. The SMILES string of the molecule is CCOC(=O)C1=C(C)OC(N)=C(C#N)C1c1cccc(OCc2ccc(F)cc2)c1. The predicted octanol–water partition coefficient (Wildman–Crippen LogP) is 4.05. The maximum atomic E-state index is 13.1. The number of hydrogen-bond acceptors (Lipinski definition) is 6. The van der Waals surface area contributed by atoms with Crippen LogP contribution in [0.2, 0.25) is 0 Å².